The maximum absolute atomic E-state index is 11.0. The predicted octanol–water partition coefficient (Wildman–Crippen LogP) is 1.44. The van der Waals surface area contributed by atoms with Crippen LogP contribution in [0, 0.1) is 5.92 Å². The Labute approximate surface area is 104 Å². The quantitative estimate of drug-likeness (QED) is 0.740. The molecule has 1 amide bonds. The molecule has 1 aliphatic carbocycles. The monoisotopic (exact) mass is 242 g/mol. The lowest BCUT2D eigenvalue weighted by Crippen LogP contribution is -2.39. The van der Waals surface area contributed by atoms with Crippen LogP contribution in [0.4, 0.5) is 0 Å². The average molecular weight is 242 g/mol. The summed E-state index contributed by atoms with van der Waals surface area (Å²) in [6, 6.07) is 0.540. The third kappa shape index (κ3) is 5.04. The Balaban J connectivity index is 2.16. The van der Waals surface area contributed by atoms with Gasteiger partial charge in [-0.15, -0.1) is 0 Å². The number of nitrogens with one attached hydrogen (secondary N) is 1. The zero-order chi connectivity index (χ0) is 12.9. The molecule has 0 unspecified atom stereocenters. The highest BCUT2D eigenvalue weighted by Crippen LogP contribution is 2.24. The summed E-state index contributed by atoms with van der Waals surface area (Å²) in [5.41, 5.74) is 5.25. The second-order valence-electron chi connectivity index (χ2n) is 5.62. The van der Waals surface area contributed by atoms with E-state index in [1.165, 1.54) is 0 Å². The van der Waals surface area contributed by atoms with Gasteiger partial charge in [0.25, 0.3) is 0 Å². The lowest BCUT2D eigenvalue weighted by Gasteiger charge is -2.29. The fourth-order valence-corrected chi connectivity index (χ4v) is 2.26. The smallest absolute Gasteiger partial charge is 0.220 e. The van der Waals surface area contributed by atoms with Crippen LogP contribution in [0.1, 0.15) is 46.0 Å². The van der Waals surface area contributed by atoms with Crippen molar-refractivity contribution in [2.24, 2.45) is 11.7 Å². The standard InChI is InChI=1S/C13H26N2O2/c1-13(2,17-3)8-9-15-11-6-4-10(5-7-11)12(14)16/h10-11,15H,4-9H2,1-3H3,(H2,14,16). The molecule has 1 saturated carbocycles. The van der Waals surface area contributed by atoms with Crippen molar-refractivity contribution in [3.05, 3.63) is 0 Å². The van der Waals surface area contributed by atoms with Crippen LogP contribution in [-0.2, 0) is 9.53 Å². The average Bonchev–Trinajstić information content (AvgIpc) is 2.29. The summed E-state index contributed by atoms with van der Waals surface area (Å²) in [7, 11) is 1.75. The molecular weight excluding hydrogens is 216 g/mol. The molecule has 0 heterocycles. The SMILES string of the molecule is COC(C)(C)CCNC1CCC(C(N)=O)CC1. The highest BCUT2D eigenvalue weighted by molar-refractivity contribution is 5.76. The fraction of sp³-hybridized carbons (Fsp3) is 0.923. The minimum atomic E-state index is -0.135. The molecule has 0 saturated heterocycles. The molecule has 100 valence electrons. The van der Waals surface area contributed by atoms with E-state index in [4.69, 9.17) is 10.5 Å². The summed E-state index contributed by atoms with van der Waals surface area (Å²) in [5.74, 6) is -0.0348. The van der Waals surface area contributed by atoms with Gasteiger partial charge in [0, 0.05) is 19.1 Å². The van der Waals surface area contributed by atoms with E-state index in [9.17, 15) is 4.79 Å². The minimum Gasteiger partial charge on any atom is -0.379 e. The summed E-state index contributed by atoms with van der Waals surface area (Å²) in [4.78, 5) is 11.0. The Morgan fingerprint density at radius 2 is 1.94 bits per heavy atom. The molecule has 1 rings (SSSR count). The number of rotatable bonds is 6. The third-order valence-corrected chi connectivity index (χ3v) is 3.84. The molecule has 4 heteroatoms. The minimum absolute atomic E-state index is 0.0581. The van der Waals surface area contributed by atoms with E-state index in [0.717, 1.165) is 38.6 Å². The zero-order valence-corrected chi connectivity index (χ0v) is 11.3. The van der Waals surface area contributed by atoms with Gasteiger partial charge in [-0.1, -0.05) is 0 Å². The molecular formula is C13H26N2O2. The van der Waals surface area contributed by atoms with Gasteiger partial charge >= 0.3 is 0 Å². The largest absolute Gasteiger partial charge is 0.379 e. The van der Waals surface area contributed by atoms with Gasteiger partial charge in [-0.2, -0.15) is 0 Å². The summed E-state index contributed by atoms with van der Waals surface area (Å²) in [6.45, 7) is 5.16. The number of carbonyl (C=O) groups excluding carboxylic acids is 1. The van der Waals surface area contributed by atoms with E-state index < -0.39 is 0 Å². The Morgan fingerprint density at radius 3 is 2.41 bits per heavy atom. The molecule has 1 fully saturated rings. The van der Waals surface area contributed by atoms with Crippen molar-refractivity contribution in [3.63, 3.8) is 0 Å². The van der Waals surface area contributed by atoms with Crippen LogP contribution >= 0.6 is 0 Å². The Bertz CT molecular complexity index is 246. The third-order valence-electron chi connectivity index (χ3n) is 3.84. The maximum atomic E-state index is 11.0. The van der Waals surface area contributed by atoms with Crippen LogP contribution in [0.25, 0.3) is 0 Å². The fourth-order valence-electron chi connectivity index (χ4n) is 2.26. The van der Waals surface area contributed by atoms with E-state index in [1.807, 2.05) is 0 Å². The molecule has 0 aromatic heterocycles. The van der Waals surface area contributed by atoms with Gasteiger partial charge in [-0.3, -0.25) is 4.79 Å². The normalized spacial score (nSPS) is 25.8. The van der Waals surface area contributed by atoms with E-state index in [0.29, 0.717) is 6.04 Å². The molecule has 3 N–H and O–H groups in total. The first-order valence-corrected chi connectivity index (χ1v) is 6.52. The highest BCUT2D eigenvalue weighted by Gasteiger charge is 2.24. The van der Waals surface area contributed by atoms with E-state index in [-0.39, 0.29) is 17.4 Å². The van der Waals surface area contributed by atoms with Crippen LogP contribution in [0.15, 0.2) is 0 Å². The second kappa shape index (κ2) is 6.36. The first-order chi connectivity index (χ1) is 7.94. The van der Waals surface area contributed by atoms with Gasteiger partial charge in [0.05, 0.1) is 5.60 Å². The van der Waals surface area contributed by atoms with E-state index in [1.54, 1.807) is 7.11 Å². The Hall–Kier alpha value is -0.610. The van der Waals surface area contributed by atoms with Crippen molar-refractivity contribution < 1.29 is 9.53 Å². The lowest BCUT2D eigenvalue weighted by atomic mass is 9.85. The number of amides is 1. The number of hydrogen-bond acceptors (Lipinski definition) is 3. The van der Waals surface area contributed by atoms with E-state index in [2.05, 4.69) is 19.2 Å². The van der Waals surface area contributed by atoms with Gasteiger partial charge in [-0.05, 0) is 52.5 Å². The van der Waals surface area contributed by atoms with Gasteiger partial charge < -0.3 is 15.8 Å². The number of carbonyl (C=O) groups is 1. The van der Waals surface area contributed by atoms with Crippen LogP contribution < -0.4 is 11.1 Å². The first kappa shape index (κ1) is 14.5. The van der Waals surface area contributed by atoms with Gasteiger partial charge in [0.15, 0.2) is 0 Å². The summed E-state index contributed by atoms with van der Waals surface area (Å²) in [5, 5.41) is 3.54. The van der Waals surface area contributed by atoms with Crippen LogP contribution in [0.2, 0.25) is 0 Å². The molecule has 1 aliphatic rings. The maximum Gasteiger partial charge on any atom is 0.220 e. The second-order valence-corrected chi connectivity index (χ2v) is 5.62. The number of hydrogen-bond donors (Lipinski definition) is 2. The number of primary amides is 1. The topological polar surface area (TPSA) is 64.3 Å². The van der Waals surface area contributed by atoms with Crippen molar-refractivity contribution >= 4 is 5.91 Å². The molecule has 0 radical (unpaired) electrons. The Morgan fingerprint density at radius 1 is 1.35 bits per heavy atom. The number of nitrogens with two attached hydrogens (primary N) is 1. The van der Waals surface area contributed by atoms with E-state index >= 15 is 0 Å². The first-order valence-electron chi connectivity index (χ1n) is 6.52. The lowest BCUT2D eigenvalue weighted by molar-refractivity contribution is -0.122. The molecule has 4 nitrogen and oxygen atoms in total. The van der Waals surface area contributed by atoms with Gasteiger partial charge in [-0.25, -0.2) is 0 Å². The summed E-state index contributed by atoms with van der Waals surface area (Å²) in [6.07, 6.45) is 4.97. The van der Waals surface area contributed by atoms with Crippen LogP contribution in [0.3, 0.4) is 0 Å². The van der Waals surface area contributed by atoms with Gasteiger partial charge in [0.2, 0.25) is 5.91 Å². The highest BCUT2D eigenvalue weighted by atomic mass is 16.5. The van der Waals surface area contributed by atoms with Crippen molar-refractivity contribution in [3.8, 4) is 0 Å². The predicted molar refractivity (Wildman–Crippen MR) is 68.6 cm³/mol. The zero-order valence-electron chi connectivity index (χ0n) is 11.3. The molecule has 17 heavy (non-hydrogen) atoms. The van der Waals surface area contributed by atoms with Crippen molar-refractivity contribution in [2.75, 3.05) is 13.7 Å². The molecule has 0 bridgehead atoms. The molecule has 0 aromatic rings. The summed E-state index contributed by atoms with van der Waals surface area (Å²) < 4.78 is 5.37. The van der Waals surface area contributed by atoms with Crippen molar-refractivity contribution in [2.45, 2.75) is 57.6 Å². The van der Waals surface area contributed by atoms with Crippen molar-refractivity contribution in [1.82, 2.24) is 5.32 Å². The summed E-state index contributed by atoms with van der Waals surface area (Å²) >= 11 is 0. The number of methoxy groups -OCH3 is 1. The van der Waals surface area contributed by atoms with Crippen LogP contribution in [-0.4, -0.2) is 31.2 Å². The van der Waals surface area contributed by atoms with Crippen LogP contribution in [0.5, 0.6) is 0 Å². The molecule has 0 aliphatic heterocycles. The number of ether oxygens (including phenoxy) is 1. The molecule has 0 atom stereocenters. The molecule has 0 spiro atoms. The van der Waals surface area contributed by atoms with Crippen molar-refractivity contribution in [1.29, 1.82) is 0 Å². The Kier molecular flexibility index (Phi) is 5.40. The molecule has 0 aromatic carbocycles. The van der Waals surface area contributed by atoms with Gasteiger partial charge in [0.1, 0.15) is 0 Å².